The minimum atomic E-state index is 0.804. The Morgan fingerprint density at radius 1 is 0.682 bits per heavy atom. The molecule has 22 heavy (non-hydrogen) atoms. The van der Waals surface area contributed by atoms with Gasteiger partial charge in [0.05, 0.1) is 0 Å². The van der Waals surface area contributed by atoms with Crippen LogP contribution in [0.1, 0.15) is 5.56 Å². The van der Waals surface area contributed by atoms with Gasteiger partial charge in [-0.15, -0.1) is 0 Å². The van der Waals surface area contributed by atoms with Crippen LogP contribution in [0.3, 0.4) is 0 Å². The van der Waals surface area contributed by atoms with Gasteiger partial charge >= 0.3 is 0 Å². The molecule has 0 aliphatic rings. The summed E-state index contributed by atoms with van der Waals surface area (Å²) in [5, 5.41) is 4.98. The summed E-state index contributed by atoms with van der Waals surface area (Å²) in [5.74, 6) is 0. The van der Waals surface area contributed by atoms with Crippen LogP contribution in [0, 0.1) is 6.92 Å². The molecule has 0 aliphatic heterocycles. The van der Waals surface area contributed by atoms with E-state index >= 15 is 0 Å². The molecule has 1 heteroatoms. The Labute approximate surface area is 130 Å². The Morgan fingerprint density at radius 2 is 1.41 bits per heavy atom. The van der Waals surface area contributed by atoms with Crippen molar-refractivity contribution in [2.45, 2.75) is 6.92 Å². The third-order valence-electron chi connectivity index (χ3n) is 4.30. The number of rotatable bonds is 1. The van der Waals surface area contributed by atoms with Gasteiger partial charge in [0.2, 0.25) is 0 Å². The van der Waals surface area contributed by atoms with Gasteiger partial charge in [0.1, 0.15) is 0 Å². The highest BCUT2D eigenvalue weighted by atomic mass is 14.5. The maximum Gasteiger partial charge on any atom is 0.0320 e. The average Bonchev–Trinajstić information content (AvgIpc) is 2.53. The van der Waals surface area contributed by atoms with E-state index in [-0.39, 0.29) is 0 Å². The van der Waals surface area contributed by atoms with Crippen molar-refractivity contribution in [1.29, 1.82) is 0 Å². The Bertz CT molecular complexity index is 999. The molecule has 0 saturated carbocycles. The van der Waals surface area contributed by atoms with Crippen LogP contribution in [-0.2, 0) is 0 Å². The molecule has 0 aliphatic carbocycles. The van der Waals surface area contributed by atoms with Gasteiger partial charge in [0.15, 0.2) is 0 Å². The number of hydrogen-bond acceptors (Lipinski definition) is 1. The molecule has 0 aromatic heterocycles. The second kappa shape index (κ2) is 4.88. The molecule has 106 valence electrons. The van der Waals surface area contributed by atoms with Crippen LogP contribution in [0.2, 0.25) is 0 Å². The largest absolute Gasteiger partial charge is 0.399 e. The fourth-order valence-corrected chi connectivity index (χ4v) is 3.24. The molecule has 1 nitrogen and oxygen atoms in total. The van der Waals surface area contributed by atoms with Crippen LogP contribution in [0.15, 0.2) is 72.8 Å². The minimum Gasteiger partial charge on any atom is -0.399 e. The Hall–Kier alpha value is -2.80. The number of hydrogen-bond donors (Lipinski definition) is 1. The van der Waals surface area contributed by atoms with E-state index in [4.69, 9.17) is 5.73 Å². The van der Waals surface area contributed by atoms with Crippen LogP contribution in [-0.4, -0.2) is 0 Å². The van der Waals surface area contributed by atoms with E-state index in [1.165, 1.54) is 38.2 Å². The van der Waals surface area contributed by atoms with E-state index in [0.717, 1.165) is 5.69 Å². The van der Waals surface area contributed by atoms with Crippen molar-refractivity contribution < 1.29 is 0 Å². The molecular weight excluding hydrogens is 266 g/mol. The maximum absolute atomic E-state index is 5.99. The molecular formula is C21H17N. The molecule has 4 aromatic carbocycles. The van der Waals surface area contributed by atoms with Gasteiger partial charge in [-0.1, -0.05) is 54.6 Å². The van der Waals surface area contributed by atoms with Crippen LogP contribution in [0.25, 0.3) is 32.7 Å². The molecule has 0 amide bonds. The molecule has 2 N–H and O–H groups in total. The van der Waals surface area contributed by atoms with Gasteiger partial charge in [-0.25, -0.2) is 0 Å². The Kier molecular flexibility index (Phi) is 2.87. The summed E-state index contributed by atoms with van der Waals surface area (Å²) in [7, 11) is 0. The Morgan fingerprint density at radius 3 is 2.27 bits per heavy atom. The van der Waals surface area contributed by atoms with Gasteiger partial charge in [-0.05, 0) is 63.4 Å². The highest BCUT2D eigenvalue weighted by Gasteiger charge is 2.11. The lowest BCUT2D eigenvalue weighted by atomic mass is 9.90. The van der Waals surface area contributed by atoms with E-state index in [1.54, 1.807) is 0 Å². The smallest absolute Gasteiger partial charge is 0.0320 e. The van der Waals surface area contributed by atoms with E-state index in [1.807, 2.05) is 6.07 Å². The predicted octanol–water partition coefficient (Wildman–Crippen LogP) is 5.55. The third-order valence-corrected chi connectivity index (χ3v) is 4.30. The highest BCUT2D eigenvalue weighted by Crippen LogP contribution is 2.38. The number of aryl methyl sites for hydroxylation is 1. The first-order chi connectivity index (χ1) is 10.7. The second-order valence-electron chi connectivity index (χ2n) is 5.77. The first-order valence-corrected chi connectivity index (χ1v) is 7.51. The summed E-state index contributed by atoms with van der Waals surface area (Å²) < 4.78 is 0. The normalized spacial score (nSPS) is 11.1. The quantitative estimate of drug-likeness (QED) is 0.359. The summed E-state index contributed by atoms with van der Waals surface area (Å²) in [6.07, 6.45) is 0. The van der Waals surface area contributed by atoms with Crippen molar-refractivity contribution in [3.05, 3.63) is 78.4 Å². The Balaban J connectivity index is 2.24. The zero-order chi connectivity index (χ0) is 15.1. The van der Waals surface area contributed by atoms with Gasteiger partial charge in [0, 0.05) is 5.69 Å². The third kappa shape index (κ3) is 1.94. The van der Waals surface area contributed by atoms with Crippen LogP contribution in [0.5, 0.6) is 0 Å². The number of anilines is 1. The molecule has 4 rings (SSSR count). The summed E-state index contributed by atoms with van der Waals surface area (Å²) in [6.45, 7) is 2.17. The summed E-state index contributed by atoms with van der Waals surface area (Å²) in [5.41, 5.74) is 10.7. The standard InChI is InChI=1S/C21H17N/c1-14-6-2-4-8-18(14)21-19-9-5-3-7-15(19)12-16-13-17(22)10-11-20(16)21/h2-13H,22H2,1H3. The monoisotopic (exact) mass is 283 g/mol. The zero-order valence-corrected chi connectivity index (χ0v) is 12.5. The van der Waals surface area contributed by atoms with Crippen LogP contribution >= 0.6 is 0 Å². The van der Waals surface area contributed by atoms with Gasteiger partial charge in [0.25, 0.3) is 0 Å². The fraction of sp³-hybridized carbons (Fsp3) is 0.0476. The number of nitrogens with two attached hydrogens (primary N) is 1. The SMILES string of the molecule is Cc1ccccc1-c1c2ccccc2cc2cc(N)ccc12. The summed E-state index contributed by atoms with van der Waals surface area (Å²) in [6, 6.07) is 25.5. The highest BCUT2D eigenvalue weighted by molar-refractivity contribution is 6.13. The van der Waals surface area contributed by atoms with E-state index in [9.17, 15) is 0 Å². The fourth-order valence-electron chi connectivity index (χ4n) is 3.24. The summed E-state index contributed by atoms with van der Waals surface area (Å²) in [4.78, 5) is 0. The van der Waals surface area contributed by atoms with Crippen LogP contribution < -0.4 is 5.73 Å². The van der Waals surface area contributed by atoms with Crippen molar-refractivity contribution in [2.24, 2.45) is 0 Å². The number of fused-ring (bicyclic) bond motifs is 2. The van der Waals surface area contributed by atoms with Crippen molar-refractivity contribution in [3.8, 4) is 11.1 Å². The first-order valence-electron chi connectivity index (χ1n) is 7.51. The summed E-state index contributed by atoms with van der Waals surface area (Å²) >= 11 is 0. The van der Waals surface area contributed by atoms with Crippen molar-refractivity contribution in [1.82, 2.24) is 0 Å². The minimum absolute atomic E-state index is 0.804. The number of benzene rings is 4. The molecule has 0 unspecified atom stereocenters. The lowest BCUT2D eigenvalue weighted by molar-refractivity contribution is 1.47. The molecule has 0 radical (unpaired) electrons. The molecule has 0 heterocycles. The average molecular weight is 283 g/mol. The van der Waals surface area contributed by atoms with Crippen molar-refractivity contribution in [2.75, 3.05) is 5.73 Å². The number of nitrogen functional groups attached to an aromatic ring is 1. The first kappa shape index (κ1) is 12.9. The molecule has 0 saturated heterocycles. The van der Waals surface area contributed by atoms with E-state index in [0.29, 0.717) is 0 Å². The molecule has 0 bridgehead atoms. The van der Waals surface area contributed by atoms with Crippen LogP contribution in [0.4, 0.5) is 5.69 Å². The van der Waals surface area contributed by atoms with E-state index in [2.05, 4.69) is 73.7 Å². The molecule has 0 atom stereocenters. The molecule has 4 aromatic rings. The molecule has 0 spiro atoms. The second-order valence-corrected chi connectivity index (χ2v) is 5.77. The van der Waals surface area contributed by atoms with E-state index < -0.39 is 0 Å². The lowest BCUT2D eigenvalue weighted by Crippen LogP contribution is -1.90. The lowest BCUT2D eigenvalue weighted by Gasteiger charge is -2.14. The van der Waals surface area contributed by atoms with Gasteiger partial charge < -0.3 is 5.73 Å². The van der Waals surface area contributed by atoms with Crippen molar-refractivity contribution >= 4 is 27.2 Å². The van der Waals surface area contributed by atoms with Crippen molar-refractivity contribution in [3.63, 3.8) is 0 Å². The topological polar surface area (TPSA) is 26.0 Å². The van der Waals surface area contributed by atoms with Gasteiger partial charge in [-0.2, -0.15) is 0 Å². The maximum atomic E-state index is 5.99. The predicted molar refractivity (Wildman–Crippen MR) is 96.0 cm³/mol. The zero-order valence-electron chi connectivity index (χ0n) is 12.5. The molecule has 0 fully saturated rings. The van der Waals surface area contributed by atoms with Gasteiger partial charge in [-0.3, -0.25) is 0 Å².